The van der Waals surface area contributed by atoms with Gasteiger partial charge in [0.05, 0.1) is 7.11 Å². The lowest BCUT2D eigenvalue weighted by atomic mass is 9.91. The monoisotopic (exact) mass is 486 g/mol. The first-order valence-electron chi connectivity index (χ1n) is 13.3. The standard InChI is InChI=1S/C31H38N2O3/c1-3-4-5-11-23-12-10-21-33(22-23)31(35)28-18-17-27(25-14-7-8-15-26(25)28)30(34)32-20-19-24-13-6-9-16-29(24)36-2/h6-9,13-18,23H,3-5,10-12,19-22H2,1-2H3,(H,32,34). The average molecular weight is 487 g/mol. The van der Waals surface area contributed by atoms with Gasteiger partial charge in [0, 0.05) is 30.8 Å². The number of carbonyl (C=O) groups excluding carboxylic acids is 2. The number of carbonyl (C=O) groups is 2. The van der Waals surface area contributed by atoms with Crippen LogP contribution in [0.2, 0.25) is 0 Å². The Labute approximate surface area is 214 Å². The maximum Gasteiger partial charge on any atom is 0.254 e. The van der Waals surface area contributed by atoms with Crippen molar-refractivity contribution in [3.63, 3.8) is 0 Å². The summed E-state index contributed by atoms with van der Waals surface area (Å²) in [5, 5.41) is 4.70. The second kappa shape index (κ2) is 12.6. The summed E-state index contributed by atoms with van der Waals surface area (Å²) < 4.78 is 5.41. The van der Waals surface area contributed by atoms with Gasteiger partial charge in [-0.05, 0) is 66.1 Å². The third-order valence-corrected chi connectivity index (χ3v) is 7.29. The number of nitrogens with one attached hydrogen (secondary N) is 1. The van der Waals surface area contributed by atoms with Crippen LogP contribution in [0.25, 0.3) is 10.8 Å². The Balaban J connectivity index is 1.47. The number of methoxy groups -OCH3 is 1. The molecule has 1 heterocycles. The van der Waals surface area contributed by atoms with Crippen LogP contribution in [0.4, 0.5) is 0 Å². The lowest BCUT2D eigenvalue weighted by molar-refractivity contribution is 0.0668. The van der Waals surface area contributed by atoms with Gasteiger partial charge < -0.3 is 15.0 Å². The van der Waals surface area contributed by atoms with Crippen molar-refractivity contribution in [1.82, 2.24) is 10.2 Å². The number of hydrogen-bond donors (Lipinski definition) is 1. The quantitative estimate of drug-likeness (QED) is 0.345. The minimum absolute atomic E-state index is 0.0783. The Hall–Kier alpha value is -3.34. The number of rotatable bonds is 10. The normalized spacial score (nSPS) is 15.6. The Morgan fingerprint density at radius 3 is 2.47 bits per heavy atom. The van der Waals surface area contributed by atoms with Gasteiger partial charge in [0.25, 0.3) is 11.8 Å². The van der Waals surface area contributed by atoms with Gasteiger partial charge in [-0.2, -0.15) is 0 Å². The van der Waals surface area contributed by atoms with E-state index in [4.69, 9.17) is 4.74 Å². The molecule has 1 atom stereocenters. The zero-order valence-corrected chi connectivity index (χ0v) is 21.6. The largest absolute Gasteiger partial charge is 0.496 e. The van der Waals surface area contributed by atoms with Crippen LogP contribution in [0.1, 0.15) is 71.7 Å². The summed E-state index contributed by atoms with van der Waals surface area (Å²) in [6, 6.07) is 19.2. The van der Waals surface area contributed by atoms with Crippen molar-refractivity contribution in [2.45, 2.75) is 51.9 Å². The van der Waals surface area contributed by atoms with Crippen LogP contribution >= 0.6 is 0 Å². The molecule has 1 saturated heterocycles. The van der Waals surface area contributed by atoms with E-state index in [1.807, 2.05) is 59.5 Å². The highest BCUT2D eigenvalue weighted by molar-refractivity contribution is 6.14. The molecule has 36 heavy (non-hydrogen) atoms. The van der Waals surface area contributed by atoms with E-state index in [1.54, 1.807) is 13.2 Å². The van der Waals surface area contributed by atoms with Crippen molar-refractivity contribution < 1.29 is 14.3 Å². The van der Waals surface area contributed by atoms with E-state index in [1.165, 1.54) is 32.1 Å². The molecule has 3 aromatic rings. The average Bonchev–Trinajstić information content (AvgIpc) is 2.92. The number of hydrogen-bond acceptors (Lipinski definition) is 3. The predicted octanol–water partition coefficient (Wildman–Crippen LogP) is 6.25. The van der Waals surface area contributed by atoms with E-state index in [-0.39, 0.29) is 11.8 Å². The second-order valence-corrected chi connectivity index (χ2v) is 9.78. The fraction of sp³-hybridized carbons (Fsp3) is 0.419. The molecule has 0 aliphatic carbocycles. The molecule has 3 aromatic carbocycles. The first-order chi connectivity index (χ1) is 17.6. The Morgan fingerprint density at radius 1 is 0.972 bits per heavy atom. The number of benzene rings is 3. The van der Waals surface area contributed by atoms with E-state index < -0.39 is 0 Å². The second-order valence-electron chi connectivity index (χ2n) is 9.78. The van der Waals surface area contributed by atoms with Crippen molar-refractivity contribution in [1.29, 1.82) is 0 Å². The number of likely N-dealkylation sites (tertiary alicyclic amines) is 1. The smallest absolute Gasteiger partial charge is 0.254 e. The molecule has 5 heteroatoms. The van der Waals surface area contributed by atoms with Crippen molar-refractivity contribution in [2.24, 2.45) is 5.92 Å². The minimum Gasteiger partial charge on any atom is -0.496 e. The van der Waals surface area contributed by atoms with E-state index in [0.717, 1.165) is 41.6 Å². The number of para-hydroxylation sites is 1. The van der Waals surface area contributed by atoms with Gasteiger partial charge in [0.1, 0.15) is 5.75 Å². The first kappa shape index (κ1) is 25.7. The molecule has 0 spiro atoms. The number of piperidine rings is 1. The van der Waals surface area contributed by atoms with Crippen LogP contribution < -0.4 is 10.1 Å². The molecule has 1 aliphatic rings. The van der Waals surface area contributed by atoms with Crippen LogP contribution in [-0.2, 0) is 6.42 Å². The molecule has 1 N–H and O–H groups in total. The van der Waals surface area contributed by atoms with Crippen molar-refractivity contribution in [3.05, 3.63) is 77.4 Å². The Morgan fingerprint density at radius 2 is 1.69 bits per heavy atom. The highest BCUT2D eigenvalue weighted by Crippen LogP contribution is 2.28. The number of nitrogens with zero attached hydrogens (tertiary/aromatic N) is 1. The SMILES string of the molecule is CCCCCC1CCCN(C(=O)c2ccc(C(=O)NCCc3ccccc3OC)c3ccccc23)C1. The lowest BCUT2D eigenvalue weighted by Crippen LogP contribution is -2.40. The molecule has 1 unspecified atom stereocenters. The van der Waals surface area contributed by atoms with Gasteiger partial charge in [0.15, 0.2) is 0 Å². The van der Waals surface area contributed by atoms with E-state index >= 15 is 0 Å². The molecule has 2 amide bonds. The summed E-state index contributed by atoms with van der Waals surface area (Å²) >= 11 is 0. The topological polar surface area (TPSA) is 58.6 Å². The Kier molecular flexibility index (Phi) is 8.99. The van der Waals surface area contributed by atoms with Gasteiger partial charge in [-0.1, -0.05) is 68.7 Å². The van der Waals surface area contributed by atoms with Crippen LogP contribution in [-0.4, -0.2) is 43.5 Å². The van der Waals surface area contributed by atoms with Crippen LogP contribution in [0, 0.1) is 5.92 Å². The first-order valence-corrected chi connectivity index (χ1v) is 13.3. The molecule has 4 rings (SSSR count). The number of ether oxygens (including phenoxy) is 1. The molecule has 0 bridgehead atoms. The molecule has 0 radical (unpaired) electrons. The molecule has 190 valence electrons. The summed E-state index contributed by atoms with van der Waals surface area (Å²) in [7, 11) is 1.66. The third-order valence-electron chi connectivity index (χ3n) is 7.29. The Bertz CT molecular complexity index is 1190. The summed E-state index contributed by atoms with van der Waals surface area (Å²) in [4.78, 5) is 28.7. The molecule has 1 fully saturated rings. The van der Waals surface area contributed by atoms with Crippen LogP contribution in [0.15, 0.2) is 60.7 Å². The fourth-order valence-electron chi connectivity index (χ4n) is 5.34. The minimum atomic E-state index is -0.131. The zero-order valence-electron chi connectivity index (χ0n) is 21.6. The highest BCUT2D eigenvalue weighted by Gasteiger charge is 2.26. The van der Waals surface area contributed by atoms with Crippen LogP contribution in [0.3, 0.4) is 0 Å². The van der Waals surface area contributed by atoms with Gasteiger partial charge in [-0.3, -0.25) is 9.59 Å². The molecule has 0 saturated carbocycles. The number of unbranched alkanes of at least 4 members (excludes halogenated alkanes) is 2. The summed E-state index contributed by atoms with van der Waals surface area (Å²) in [5.41, 5.74) is 2.34. The van der Waals surface area contributed by atoms with Gasteiger partial charge in [0.2, 0.25) is 0 Å². The number of amides is 2. The number of fused-ring (bicyclic) bond motifs is 1. The van der Waals surface area contributed by atoms with Crippen molar-refractivity contribution >= 4 is 22.6 Å². The predicted molar refractivity (Wildman–Crippen MR) is 146 cm³/mol. The van der Waals surface area contributed by atoms with E-state index in [0.29, 0.717) is 30.0 Å². The van der Waals surface area contributed by atoms with Crippen molar-refractivity contribution in [2.75, 3.05) is 26.7 Å². The van der Waals surface area contributed by atoms with Gasteiger partial charge in [-0.15, -0.1) is 0 Å². The maximum atomic E-state index is 13.6. The van der Waals surface area contributed by atoms with E-state index in [2.05, 4.69) is 12.2 Å². The maximum absolute atomic E-state index is 13.6. The fourth-order valence-corrected chi connectivity index (χ4v) is 5.34. The van der Waals surface area contributed by atoms with Gasteiger partial charge >= 0.3 is 0 Å². The third kappa shape index (κ3) is 6.07. The molecular weight excluding hydrogens is 448 g/mol. The van der Waals surface area contributed by atoms with E-state index in [9.17, 15) is 9.59 Å². The zero-order chi connectivity index (χ0) is 25.3. The van der Waals surface area contributed by atoms with Crippen molar-refractivity contribution in [3.8, 4) is 5.75 Å². The highest BCUT2D eigenvalue weighted by atomic mass is 16.5. The molecule has 0 aromatic heterocycles. The molecule has 1 aliphatic heterocycles. The lowest BCUT2D eigenvalue weighted by Gasteiger charge is -2.33. The summed E-state index contributed by atoms with van der Waals surface area (Å²) in [5.74, 6) is 1.36. The van der Waals surface area contributed by atoms with Crippen LogP contribution in [0.5, 0.6) is 5.75 Å². The molecule has 5 nitrogen and oxygen atoms in total. The summed E-state index contributed by atoms with van der Waals surface area (Å²) in [6.07, 6.45) is 7.88. The molecular formula is C31H38N2O3. The van der Waals surface area contributed by atoms with Gasteiger partial charge in [-0.25, -0.2) is 0 Å². The summed E-state index contributed by atoms with van der Waals surface area (Å²) in [6.45, 7) is 4.37.